The molecule has 0 saturated heterocycles. The number of halogens is 3. The van der Waals surface area contributed by atoms with E-state index in [1.165, 1.54) is 12.1 Å². The molecule has 0 atom stereocenters. The van der Waals surface area contributed by atoms with Crippen molar-refractivity contribution in [3.63, 3.8) is 0 Å². The van der Waals surface area contributed by atoms with Crippen LogP contribution in [0.1, 0.15) is 6.42 Å². The number of anilines is 1. The van der Waals surface area contributed by atoms with Gasteiger partial charge in [-0.2, -0.15) is 0 Å². The fourth-order valence-electron chi connectivity index (χ4n) is 2.07. The molecule has 2 amide bonds. The average Bonchev–Trinajstić information content (AvgIpc) is 2.67. The lowest BCUT2D eigenvalue weighted by Crippen LogP contribution is -2.35. The van der Waals surface area contributed by atoms with Crippen LogP contribution in [0.25, 0.3) is 0 Å². The zero-order chi connectivity index (χ0) is 20.7. The summed E-state index contributed by atoms with van der Waals surface area (Å²) in [5, 5.41) is 4.19. The lowest BCUT2D eigenvalue weighted by molar-refractivity contribution is -0.124. The van der Waals surface area contributed by atoms with Gasteiger partial charge in [0.15, 0.2) is 17.5 Å². The molecule has 0 saturated carbocycles. The number of rotatable bonds is 8. The van der Waals surface area contributed by atoms with Crippen molar-refractivity contribution < 1.29 is 31.2 Å². The number of amides is 2. The van der Waals surface area contributed by atoms with Gasteiger partial charge in [0, 0.05) is 13.0 Å². The van der Waals surface area contributed by atoms with E-state index in [-0.39, 0.29) is 17.9 Å². The number of benzene rings is 2. The normalized spacial score (nSPS) is 11.1. The van der Waals surface area contributed by atoms with E-state index < -0.39 is 51.5 Å². The summed E-state index contributed by atoms with van der Waals surface area (Å²) in [4.78, 5) is 23.4. The number of sulfonamides is 1. The number of nitrogens with one attached hydrogen (secondary N) is 3. The molecule has 0 unspecified atom stereocenters. The van der Waals surface area contributed by atoms with Crippen molar-refractivity contribution in [2.24, 2.45) is 0 Å². The van der Waals surface area contributed by atoms with Crippen LogP contribution in [0.3, 0.4) is 0 Å². The molecule has 7 nitrogen and oxygen atoms in total. The summed E-state index contributed by atoms with van der Waals surface area (Å²) < 4.78 is 65.5. The van der Waals surface area contributed by atoms with E-state index in [1.807, 2.05) is 5.32 Å². The molecule has 2 rings (SSSR count). The molecule has 0 aliphatic rings. The lowest BCUT2D eigenvalue weighted by atomic mass is 10.2. The van der Waals surface area contributed by atoms with Crippen molar-refractivity contribution in [1.29, 1.82) is 0 Å². The second kappa shape index (κ2) is 9.33. The molecule has 0 radical (unpaired) electrons. The maximum Gasteiger partial charge on any atom is 0.243 e. The van der Waals surface area contributed by atoms with E-state index in [2.05, 4.69) is 10.0 Å². The van der Waals surface area contributed by atoms with Crippen LogP contribution in [0, 0.1) is 17.5 Å². The first-order valence-electron chi connectivity index (χ1n) is 7.95. The number of carbonyl (C=O) groups excluding carboxylic acids is 2. The first-order valence-corrected chi connectivity index (χ1v) is 9.44. The molecule has 150 valence electrons. The largest absolute Gasteiger partial charge is 0.347 e. The van der Waals surface area contributed by atoms with Gasteiger partial charge in [0.05, 0.1) is 17.1 Å². The fourth-order valence-corrected chi connectivity index (χ4v) is 3.12. The van der Waals surface area contributed by atoms with Gasteiger partial charge in [-0.05, 0) is 24.3 Å². The third-order valence-corrected chi connectivity index (χ3v) is 4.93. The van der Waals surface area contributed by atoms with Crippen LogP contribution >= 0.6 is 0 Å². The molecule has 0 aliphatic carbocycles. The molecule has 0 spiro atoms. The van der Waals surface area contributed by atoms with Crippen LogP contribution in [-0.4, -0.2) is 33.3 Å². The summed E-state index contributed by atoms with van der Waals surface area (Å²) >= 11 is 0. The topological polar surface area (TPSA) is 104 Å². The van der Waals surface area contributed by atoms with Crippen LogP contribution < -0.4 is 15.4 Å². The summed E-state index contributed by atoms with van der Waals surface area (Å²) in [6.07, 6.45) is -0.251. The molecule has 2 aromatic carbocycles. The van der Waals surface area contributed by atoms with Crippen molar-refractivity contribution in [1.82, 2.24) is 10.0 Å². The molecule has 0 aromatic heterocycles. The van der Waals surface area contributed by atoms with E-state index in [0.29, 0.717) is 6.07 Å². The van der Waals surface area contributed by atoms with Gasteiger partial charge < -0.3 is 10.6 Å². The number of carbonyl (C=O) groups is 2. The fraction of sp³-hybridized carbons (Fsp3) is 0.176. The van der Waals surface area contributed by atoms with Crippen molar-refractivity contribution >= 4 is 27.5 Å². The van der Waals surface area contributed by atoms with Crippen LogP contribution in [0.5, 0.6) is 0 Å². The average molecular weight is 415 g/mol. The summed E-state index contributed by atoms with van der Waals surface area (Å²) in [6.45, 7) is -0.773. The van der Waals surface area contributed by atoms with Crippen LogP contribution in [0.4, 0.5) is 18.9 Å². The van der Waals surface area contributed by atoms with E-state index >= 15 is 0 Å². The third kappa shape index (κ3) is 5.79. The Balaban J connectivity index is 1.77. The first-order chi connectivity index (χ1) is 13.2. The molecule has 2 aromatic rings. The Labute approximate surface area is 159 Å². The summed E-state index contributed by atoms with van der Waals surface area (Å²) in [6, 6.07) is 9.03. The molecular formula is C17H16F3N3O4S. The minimum Gasteiger partial charge on any atom is -0.347 e. The molecule has 0 heterocycles. The van der Waals surface area contributed by atoms with Gasteiger partial charge in [-0.3, -0.25) is 9.59 Å². The Bertz CT molecular complexity index is 969. The molecule has 0 bridgehead atoms. The van der Waals surface area contributed by atoms with Crippen molar-refractivity contribution in [2.75, 3.05) is 18.4 Å². The van der Waals surface area contributed by atoms with Crippen molar-refractivity contribution in [3.05, 3.63) is 59.9 Å². The van der Waals surface area contributed by atoms with Crippen LogP contribution in [-0.2, 0) is 19.6 Å². The van der Waals surface area contributed by atoms with E-state index in [0.717, 1.165) is 6.07 Å². The Kier molecular flexibility index (Phi) is 7.12. The molecular weight excluding hydrogens is 399 g/mol. The van der Waals surface area contributed by atoms with Crippen LogP contribution in [0.15, 0.2) is 47.4 Å². The highest BCUT2D eigenvalue weighted by Crippen LogP contribution is 2.19. The Morgan fingerprint density at radius 1 is 0.893 bits per heavy atom. The Hall–Kier alpha value is -2.92. The van der Waals surface area contributed by atoms with Gasteiger partial charge in [0.2, 0.25) is 21.8 Å². The zero-order valence-corrected chi connectivity index (χ0v) is 15.2. The summed E-state index contributed by atoms with van der Waals surface area (Å²) in [5.41, 5.74) is -0.575. The van der Waals surface area contributed by atoms with Gasteiger partial charge in [-0.25, -0.2) is 26.3 Å². The molecule has 0 aliphatic heterocycles. The van der Waals surface area contributed by atoms with Gasteiger partial charge in [-0.15, -0.1) is 0 Å². The van der Waals surface area contributed by atoms with Gasteiger partial charge in [0.1, 0.15) is 0 Å². The first kappa shape index (κ1) is 21.4. The summed E-state index contributed by atoms with van der Waals surface area (Å²) in [5.74, 6) is -6.20. The minimum absolute atomic E-state index is 0.0448. The van der Waals surface area contributed by atoms with Crippen molar-refractivity contribution in [2.45, 2.75) is 11.3 Å². The monoisotopic (exact) mass is 415 g/mol. The molecule has 0 fully saturated rings. The standard InChI is InChI=1S/C17H16F3N3O4S/c18-12-6-7-13(17(20)16(12)19)23-15(25)10-21-14(24)8-9-22-28(26,27)11-4-2-1-3-5-11/h1-7,22H,8-10H2,(H,21,24)(H,23,25). The SMILES string of the molecule is O=C(CCNS(=O)(=O)c1ccccc1)NCC(=O)Nc1ccc(F)c(F)c1F. The van der Waals surface area contributed by atoms with E-state index in [1.54, 1.807) is 18.2 Å². The van der Waals surface area contributed by atoms with Gasteiger partial charge in [-0.1, -0.05) is 18.2 Å². The summed E-state index contributed by atoms with van der Waals surface area (Å²) in [7, 11) is -3.76. The zero-order valence-electron chi connectivity index (χ0n) is 14.3. The smallest absolute Gasteiger partial charge is 0.243 e. The minimum atomic E-state index is -3.76. The Morgan fingerprint density at radius 3 is 2.25 bits per heavy atom. The number of hydrogen-bond donors (Lipinski definition) is 3. The maximum absolute atomic E-state index is 13.5. The maximum atomic E-state index is 13.5. The van der Waals surface area contributed by atoms with E-state index in [4.69, 9.17) is 0 Å². The molecule has 28 heavy (non-hydrogen) atoms. The molecule has 3 N–H and O–H groups in total. The van der Waals surface area contributed by atoms with Gasteiger partial charge >= 0.3 is 0 Å². The predicted octanol–water partition coefficient (Wildman–Crippen LogP) is 1.53. The highest BCUT2D eigenvalue weighted by Gasteiger charge is 2.16. The highest BCUT2D eigenvalue weighted by atomic mass is 32.2. The number of hydrogen-bond acceptors (Lipinski definition) is 4. The lowest BCUT2D eigenvalue weighted by Gasteiger charge is -2.09. The van der Waals surface area contributed by atoms with Crippen molar-refractivity contribution in [3.8, 4) is 0 Å². The third-order valence-electron chi connectivity index (χ3n) is 3.45. The highest BCUT2D eigenvalue weighted by molar-refractivity contribution is 7.89. The predicted molar refractivity (Wildman–Crippen MR) is 94.2 cm³/mol. The van der Waals surface area contributed by atoms with E-state index in [9.17, 15) is 31.2 Å². The second-order valence-corrected chi connectivity index (χ2v) is 7.28. The molecule has 11 heteroatoms. The quantitative estimate of drug-likeness (QED) is 0.569. The van der Waals surface area contributed by atoms with Gasteiger partial charge in [0.25, 0.3) is 0 Å². The van der Waals surface area contributed by atoms with Crippen LogP contribution in [0.2, 0.25) is 0 Å². The Morgan fingerprint density at radius 2 is 1.57 bits per heavy atom. The second-order valence-electron chi connectivity index (χ2n) is 5.51.